The highest BCUT2D eigenvalue weighted by molar-refractivity contribution is 6.79. The minimum atomic E-state index is -6.01. The van der Waals surface area contributed by atoms with E-state index in [1.54, 1.807) is 0 Å². The molecule has 102 valence electrons. The molecule has 0 saturated heterocycles. The molecule has 2 nitrogen and oxygen atoms in total. The highest BCUT2D eigenvalue weighted by Gasteiger charge is 2.69. The van der Waals surface area contributed by atoms with Crippen LogP contribution in [0.15, 0.2) is 0 Å². The number of alkyl halides is 8. The van der Waals surface area contributed by atoms with Gasteiger partial charge in [0.05, 0.1) is 0 Å². The molecule has 0 aromatic rings. The topological polar surface area (TPSA) is 29.1 Å². The minimum absolute atomic E-state index is 0.282. The maximum absolute atomic E-state index is 12.8. The van der Waals surface area contributed by atoms with Crippen molar-refractivity contribution in [3.05, 3.63) is 0 Å². The van der Waals surface area contributed by atoms with Crippen LogP contribution in [0.3, 0.4) is 0 Å². The fourth-order valence-corrected chi connectivity index (χ4v) is 2.36. The van der Waals surface area contributed by atoms with E-state index in [1.807, 2.05) is 0 Å². The van der Waals surface area contributed by atoms with Crippen molar-refractivity contribution in [1.29, 1.82) is 0 Å². The van der Waals surface area contributed by atoms with Crippen LogP contribution in [0, 0.1) is 0 Å². The molecule has 0 fully saturated rings. The normalized spacial score (nSPS) is 14.7. The van der Waals surface area contributed by atoms with Gasteiger partial charge in [0.2, 0.25) is 8.24 Å². The number of halogens is 8. The van der Waals surface area contributed by atoms with Crippen LogP contribution >= 0.6 is 0 Å². The highest BCUT2D eigenvalue weighted by Crippen LogP contribution is 2.41. The number of carbonyl (C=O) groups excluding carboxylic acids is 1. The van der Waals surface area contributed by atoms with E-state index in [1.165, 1.54) is 0 Å². The van der Waals surface area contributed by atoms with Crippen LogP contribution < -0.4 is 4.98 Å². The Balaban J connectivity index is 5.12. The summed E-state index contributed by atoms with van der Waals surface area (Å²) >= 11 is 0. The molecule has 0 radical (unpaired) electrons. The number of hydrogen-bond donors (Lipinski definition) is 1. The van der Waals surface area contributed by atoms with Crippen LogP contribution in [0.1, 0.15) is 0 Å². The molecule has 0 unspecified atom stereocenters. The van der Waals surface area contributed by atoms with Gasteiger partial charge in [-0.05, 0) is 13.1 Å². The van der Waals surface area contributed by atoms with Gasteiger partial charge in [0, 0.05) is 0 Å². The summed E-state index contributed by atoms with van der Waals surface area (Å²) in [6.45, 7) is 0.564. The van der Waals surface area contributed by atoms with Crippen LogP contribution in [-0.2, 0) is 4.79 Å². The average Bonchev–Trinajstić information content (AvgIpc) is 1.98. The first kappa shape index (κ1) is 16.1. The summed E-state index contributed by atoms with van der Waals surface area (Å²) in [5, 5.41) is 0. The summed E-state index contributed by atoms with van der Waals surface area (Å²) in [6.07, 6.45) is -11.5. The Morgan fingerprint density at radius 3 is 1.53 bits per heavy atom. The molecule has 0 atom stereocenters. The Bertz CT molecular complexity index is 306. The molecular formula is C6H7F8NOSi. The van der Waals surface area contributed by atoms with Gasteiger partial charge in [-0.1, -0.05) is 0 Å². The molecule has 0 aromatic carbocycles. The number of nitrogens with one attached hydrogen (secondary N) is 1. The maximum Gasteiger partial charge on any atom is 0.470 e. The molecule has 0 aliphatic rings. The van der Waals surface area contributed by atoms with Gasteiger partial charge in [0.15, 0.2) is 0 Å². The van der Waals surface area contributed by atoms with E-state index in [2.05, 4.69) is 0 Å². The van der Waals surface area contributed by atoms with Crippen LogP contribution in [0.25, 0.3) is 0 Å². The Labute approximate surface area is 91.1 Å². The SMILES string of the molecule is C[Si](C)(NC(=O)C(F)(F)F)C(F)(F)C(F)(F)F. The molecule has 0 spiro atoms. The zero-order valence-corrected chi connectivity index (χ0v) is 9.43. The van der Waals surface area contributed by atoms with E-state index in [0.29, 0.717) is 0 Å². The van der Waals surface area contributed by atoms with Crippen molar-refractivity contribution >= 4 is 14.1 Å². The fourth-order valence-electron chi connectivity index (χ4n) is 0.788. The fraction of sp³-hybridized carbons (Fsp3) is 0.833. The standard InChI is InChI=1S/C6H7F8NOSi/c1-17(2,6(13,14)5(10,11)12)15-3(16)4(7,8)9/h1-2H3,(H,15,16). The van der Waals surface area contributed by atoms with Gasteiger partial charge < -0.3 is 4.98 Å². The molecule has 0 aromatic heterocycles. The Hall–Kier alpha value is -0.873. The number of carbonyl (C=O) groups is 1. The van der Waals surface area contributed by atoms with Crippen molar-refractivity contribution in [2.24, 2.45) is 0 Å². The predicted octanol–water partition coefficient (Wildman–Crippen LogP) is 2.61. The van der Waals surface area contributed by atoms with Gasteiger partial charge in [-0.25, -0.2) is 0 Å². The quantitative estimate of drug-likeness (QED) is 0.614. The molecule has 17 heavy (non-hydrogen) atoms. The Morgan fingerprint density at radius 2 is 1.29 bits per heavy atom. The molecule has 0 aliphatic carbocycles. The average molecular weight is 289 g/mol. The third kappa shape index (κ3) is 3.29. The van der Waals surface area contributed by atoms with Crippen molar-refractivity contribution in [3.8, 4) is 0 Å². The summed E-state index contributed by atoms with van der Waals surface area (Å²) in [6, 6.07) is 0. The van der Waals surface area contributed by atoms with Crippen LogP contribution in [0.4, 0.5) is 35.1 Å². The molecule has 11 heteroatoms. The smallest absolute Gasteiger partial charge is 0.368 e. The lowest BCUT2D eigenvalue weighted by atomic mass is 10.6. The maximum atomic E-state index is 12.8. The van der Waals surface area contributed by atoms with E-state index in [0.717, 1.165) is 4.98 Å². The largest absolute Gasteiger partial charge is 0.470 e. The zero-order chi connectivity index (χ0) is 14.3. The van der Waals surface area contributed by atoms with E-state index in [-0.39, 0.29) is 13.1 Å². The molecule has 0 bridgehead atoms. The second-order valence-electron chi connectivity index (χ2n) is 3.65. The van der Waals surface area contributed by atoms with Gasteiger partial charge >= 0.3 is 23.8 Å². The van der Waals surface area contributed by atoms with Crippen molar-refractivity contribution < 1.29 is 39.9 Å². The lowest BCUT2D eigenvalue weighted by Crippen LogP contribution is -2.68. The summed E-state index contributed by atoms with van der Waals surface area (Å²) < 4.78 is 96.7. The van der Waals surface area contributed by atoms with Gasteiger partial charge in [-0.15, -0.1) is 0 Å². The Morgan fingerprint density at radius 1 is 0.941 bits per heavy atom. The van der Waals surface area contributed by atoms with E-state index in [4.69, 9.17) is 0 Å². The Kier molecular flexibility index (Phi) is 3.89. The monoisotopic (exact) mass is 289 g/mol. The summed E-state index contributed by atoms with van der Waals surface area (Å²) in [4.78, 5) is 11.1. The third-order valence-corrected chi connectivity index (χ3v) is 4.53. The number of amides is 1. The first-order chi connectivity index (χ1) is 7.13. The van der Waals surface area contributed by atoms with Crippen molar-refractivity contribution in [2.45, 2.75) is 31.0 Å². The van der Waals surface area contributed by atoms with Gasteiger partial charge in [0.25, 0.3) is 0 Å². The van der Waals surface area contributed by atoms with Gasteiger partial charge in [-0.2, -0.15) is 35.1 Å². The second-order valence-corrected chi connectivity index (χ2v) is 7.78. The van der Waals surface area contributed by atoms with Crippen molar-refractivity contribution in [2.75, 3.05) is 0 Å². The van der Waals surface area contributed by atoms with Crippen LogP contribution in [0.2, 0.25) is 13.1 Å². The first-order valence-electron chi connectivity index (χ1n) is 3.97. The lowest BCUT2D eigenvalue weighted by molar-refractivity contribution is -0.248. The van der Waals surface area contributed by atoms with Crippen LogP contribution in [-0.4, -0.2) is 32.0 Å². The number of rotatable bonds is 2. The molecule has 1 amide bonds. The summed E-state index contributed by atoms with van der Waals surface area (Å²) in [5.74, 6) is -2.81. The van der Waals surface area contributed by atoms with Gasteiger partial charge in [-0.3, -0.25) is 4.79 Å². The van der Waals surface area contributed by atoms with Gasteiger partial charge in [0.1, 0.15) is 0 Å². The lowest BCUT2D eigenvalue weighted by Gasteiger charge is -2.33. The predicted molar refractivity (Wildman–Crippen MR) is 42.7 cm³/mol. The van der Waals surface area contributed by atoms with E-state index in [9.17, 15) is 39.9 Å². The highest BCUT2D eigenvalue weighted by atomic mass is 28.3. The molecule has 0 saturated carbocycles. The molecule has 0 aliphatic heterocycles. The van der Waals surface area contributed by atoms with E-state index >= 15 is 0 Å². The summed E-state index contributed by atoms with van der Waals surface area (Å²) in [7, 11) is -5.02. The van der Waals surface area contributed by atoms with Crippen LogP contribution in [0.5, 0.6) is 0 Å². The van der Waals surface area contributed by atoms with Crippen molar-refractivity contribution in [3.63, 3.8) is 0 Å². The zero-order valence-electron chi connectivity index (χ0n) is 8.43. The number of hydrogen-bond acceptors (Lipinski definition) is 1. The van der Waals surface area contributed by atoms with Crippen molar-refractivity contribution in [1.82, 2.24) is 4.98 Å². The third-order valence-electron chi connectivity index (χ3n) is 1.82. The minimum Gasteiger partial charge on any atom is -0.368 e. The molecular weight excluding hydrogens is 282 g/mol. The van der Waals surface area contributed by atoms with E-state index < -0.39 is 32.0 Å². The molecule has 0 rings (SSSR count). The summed E-state index contributed by atoms with van der Waals surface area (Å²) in [5.41, 5.74) is -5.36. The molecule has 0 heterocycles. The second kappa shape index (κ2) is 4.10. The molecule has 1 N–H and O–H groups in total. The first-order valence-corrected chi connectivity index (χ1v) is 6.97.